The molecule has 0 unspecified atom stereocenters. The number of amides is 1. The summed E-state index contributed by atoms with van der Waals surface area (Å²) in [5.74, 6) is 0.117. The number of benzene rings is 3. The van der Waals surface area contributed by atoms with Gasteiger partial charge in [-0.25, -0.2) is 0 Å². The lowest BCUT2D eigenvalue weighted by Crippen LogP contribution is -2.44. The lowest BCUT2D eigenvalue weighted by molar-refractivity contribution is -0.117. The second-order valence-electron chi connectivity index (χ2n) is 10.1. The lowest BCUT2D eigenvalue weighted by atomic mass is 9.87. The molecule has 1 amide bonds. The highest BCUT2D eigenvalue weighted by Crippen LogP contribution is 2.42. The van der Waals surface area contributed by atoms with Crippen molar-refractivity contribution in [3.8, 4) is 11.1 Å². The predicted molar refractivity (Wildman–Crippen MR) is 146 cm³/mol. The Morgan fingerprint density at radius 2 is 1.63 bits per heavy atom. The standard InChI is InChI=1S/C31H37N3O/c1-3-28-21-30(32-27-10-6-4-7-11-27)29-20-26(16-17-31(29)34(28)23(2)35)25-14-12-24(13-15-25)22-33-18-8-5-9-19-33/h4,6-7,10-17,20,28,30,32H,3,5,8-9,18-19,21-22H2,1-2H3/t28-,30+/m0/s1. The molecule has 35 heavy (non-hydrogen) atoms. The molecule has 1 fully saturated rings. The highest BCUT2D eigenvalue weighted by Gasteiger charge is 2.34. The molecule has 0 aromatic heterocycles. The van der Waals surface area contributed by atoms with E-state index in [2.05, 4.69) is 83.9 Å². The Balaban J connectivity index is 1.44. The third-order valence-corrected chi connectivity index (χ3v) is 7.60. The summed E-state index contributed by atoms with van der Waals surface area (Å²) in [6.07, 6.45) is 5.85. The highest BCUT2D eigenvalue weighted by atomic mass is 16.2. The molecule has 2 heterocycles. The number of hydrogen-bond donors (Lipinski definition) is 1. The van der Waals surface area contributed by atoms with Crippen LogP contribution in [0.15, 0.2) is 72.8 Å². The highest BCUT2D eigenvalue weighted by molar-refractivity contribution is 5.94. The van der Waals surface area contributed by atoms with Gasteiger partial charge in [0, 0.05) is 30.9 Å². The third-order valence-electron chi connectivity index (χ3n) is 7.60. The number of hydrogen-bond acceptors (Lipinski definition) is 3. The van der Waals surface area contributed by atoms with Crippen molar-refractivity contribution in [3.05, 3.63) is 83.9 Å². The van der Waals surface area contributed by atoms with Crippen LogP contribution in [0.5, 0.6) is 0 Å². The fraction of sp³-hybridized carbons (Fsp3) is 0.387. The van der Waals surface area contributed by atoms with Gasteiger partial charge in [0.25, 0.3) is 0 Å². The van der Waals surface area contributed by atoms with Gasteiger partial charge >= 0.3 is 0 Å². The van der Waals surface area contributed by atoms with Crippen LogP contribution in [0.4, 0.5) is 11.4 Å². The van der Waals surface area contributed by atoms with Gasteiger partial charge in [-0.3, -0.25) is 9.69 Å². The average Bonchev–Trinajstić information content (AvgIpc) is 2.89. The van der Waals surface area contributed by atoms with E-state index in [0.717, 1.165) is 30.8 Å². The van der Waals surface area contributed by atoms with Crippen molar-refractivity contribution >= 4 is 17.3 Å². The van der Waals surface area contributed by atoms with Crippen LogP contribution in [0.1, 0.15) is 63.1 Å². The summed E-state index contributed by atoms with van der Waals surface area (Å²) in [5.41, 5.74) is 7.15. The molecule has 2 aliphatic heterocycles. The number of piperidine rings is 1. The summed E-state index contributed by atoms with van der Waals surface area (Å²) in [7, 11) is 0. The lowest BCUT2D eigenvalue weighted by Gasteiger charge is -2.41. The summed E-state index contributed by atoms with van der Waals surface area (Å²) in [6, 6.07) is 26.4. The number of carbonyl (C=O) groups excluding carboxylic acids is 1. The first-order chi connectivity index (χ1) is 17.1. The van der Waals surface area contributed by atoms with Crippen molar-refractivity contribution in [1.29, 1.82) is 0 Å². The first-order valence-corrected chi connectivity index (χ1v) is 13.2. The van der Waals surface area contributed by atoms with Gasteiger partial charge < -0.3 is 10.2 Å². The van der Waals surface area contributed by atoms with E-state index >= 15 is 0 Å². The van der Waals surface area contributed by atoms with Gasteiger partial charge in [0.15, 0.2) is 0 Å². The minimum atomic E-state index is 0.117. The van der Waals surface area contributed by atoms with Gasteiger partial charge in [-0.15, -0.1) is 0 Å². The molecule has 4 heteroatoms. The zero-order valence-corrected chi connectivity index (χ0v) is 21.0. The Kier molecular flexibility index (Phi) is 7.19. The minimum absolute atomic E-state index is 0.117. The Labute approximate surface area is 210 Å². The topological polar surface area (TPSA) is 35.6 Å². The molecule has 0 bridgehead atoms. The summed E-state index contributed by atoms with van der Waals surface area (Å²) in [5, 5.41) is 3.75. The number of anilines is 2. The third kappa shape index (κ3) is 5.28. The quantitative estimate of drug-likeness (QED) is 0.423. The first kappa shape index (κ1) is 23.6. The van der Waals surface area contributed by atoms with Crippen molar-refractivity contribution in [1.82, 2.24) is 4.90 Å². The Morgan fingerprint density at radius 3 is 2.31 bits per heavy atom. The van der Waals surface area contributed by atoms with Crippen molar-refractivity contribution < 1.29 is 4.79 Å². The number of para-hydroxylation sites is 1. The number of carbonyl (C=O) groups is 1. The fourth-order valence-electron chi connectivity index (χ4n) is 5.76. The maximum Gasteiger partial charge on any atom is 0.224 e. The summed E-state index contributed by atoms with van der Waals surface area (Å²) >= 11 is 0. The summed E-state index contributed by atoms with van der Waals surface area (Å²) < 4.78 is 0. The Morgan fingerprint density at radius 1 is 0.914 bits per heavy atom. The van der Waals surface area contributed by atoms with E-state index in [4.69, 9.17) is 0 Å². The van der Waals surface area contributed by atoms with E-state index in [1.807, 2.05) is 11.0 Å². The SMILES string of the molecule is CC[C@H]1C[C@@H](Nc2ccccc2)c2cc(-c3ccc(CN4CCCCC4)cc3)ccc2N1C(C)=O. The van der Waals surface area contributed by atoms with E-state index in [1.165, 1.54) is 54.6 Å². The van der Waals surface area contributed by atoms with E-state index in [0.29, 0.717) is 0 Å². The smallest absolute Gasteiger partial charge is 0.224 e. The average molecular weight is 468 g/mol. The molecule has 2 aliphatic rings. The number of nitrogens with one attached hydrogen (secondary N) is 1. The monoisotopic (exact) mass is 467 g/mol. The maximum absolute atomic E-state index is 12.7. The number of likely N-dealkylation sites (tertiary alicyclic amines) is 1. The van der Waals surface area contributed by atoms with Crippen LogP contribution in [0.25, 0.3) is 11.1 Å². The van der Waals surface area contributed by atoms with Crippen molar-refractivity contribution in [3.63, 3.8) is 0 Å². The summed E-state index contributed by atoms with van der Waals surface area (Å²) in [4.78, 5) is 17.2. The first-order valence-electron chi connectivity index (χ1n) is 13.2. The molecule has 0 aliphatic carbocycles. The largest absolute Gasteiger partial charge is 0.378 e. The molecular formula is C31H37N3O. The maximum atomic E-state index is 12.7. The molecule has 5 rings (SSSR count). The Bertz CT molecular complexity index is 1140. The molecule has 182 valence electrons. The second-order valence-corrected chi connectivity index (χ2v) is 10.1. The van der Waals surface area contributed by atoms with Crippen LogP contribution < -0.4 is 10.2 Å². The minimum Gasteiger partial charge on any atom is -0.378 e. The van der Waals surface area contributed by atoms with Crippen LogP contribution in [0.3, 0.4) is 0 Å². The number of rotatable bonds is 6. The zero-order chi connectivity index (χ0) is 24.2. The van der Waals surface area contributed by atoms with E-state index in [1.54, 1.807) is 6.92 Å². The number of nitrogens with zero attached hydrogens (tertiary/aromatic N) is 2. The molecule has 3 aromatic rings. The zero-order valence-electron chi connectivity index (χ0n) is 21.0. The van der Waals surface area contributed by atoms with Crippen molar-refractivity contribution in [2.75, 3.05) is 23.3 Å². The second kappa shape index (κ2) is 10.7. The molecule has 2 atom stereocenters. The molecule has 1 saturated heterocycles. The van der Waals surface area contributed by atoms with Gasteiger partial charge in [0.1, 0.15) is 0 Å². The number of fused-ring (bicyclic) bond motifs is 1. The normalized spacial score (nSPS) is 20.3. The van der Waals surface area contributed by atoms with Crippen molar-refractivity contribution in [2.45, 2.75) is 64.6 Å². The van der Waals surface area contributed by atoms with Gasteiger partial charge in [0.2, 0.25) is 5.91 Å². The van der Waals surface area contributed by atoms with Gasteiger partial charge in [-0.05, 0) is 85.3 Å². The van der Waals surface area contributed by atoms with Crippen LogP contribution >= 0.6 is 0 Å². The molecule has 1 N–H and O–H groups in total. The van der Waals surface area contributed by atoms with Crippen molar-refractivity contribution in [2.24, 2.45) is 0 Å². The molecular weight excluding hydrogens is 430 g/mol. The van der Waals surface area contributed by atoms with E-state index in [-0.39, 0.29) is 18.0 Å². The molecule has 0 spiro atoms. The van der Waals surface area contributed by atoms with Crippen LogP contribution in [-0.2, 0) is 11.3 Å². The fourth-order valence-corrected chi connectivity index (χ4v) is 5.76. The van der Waals surface area contributed by atoms with Crippen LogP contribution in [0, 0.1) is 0 Å². The molecule has 0 saturated carbocycles. The van der Waals surface area contributed by atoms with Gasteiger partial charge in [0.05, 0.1) is 6.04 Å². The molecule has 0 radical (unpaired) electrons. The molecule has 4 nitrogen and oxygen atoms in total. The van der Waals surface area contributed by atoms with E-state index in [9.17, 15) is 4.79 Å². The van der Waals surface area contributed by atoms with Crippen LogP contribution in [0.2, 0.25) is 0 Å². The van der Waals surface area contributed by atoms with E-state index < -0.39 is 0 Å². The molecule has 3 aromatic carbocycles. The van der Waals surface area contributed by atoms with Gasteiger partial charge in [-0.2, -0.15) is 0 Å². The predicted octanol–water partition coefficient (Wildman–Crippen LogP) is 7.03. The Hall–Kier alpha value is -3.11. The summed E-state index contributed by atoms with van der Waals surface area (Å²) in [6.45, 7) is 7.33. The van der Waals surface area contributed by atoms with Gasteiger partial charge in [-0.1, -0.05) is 61.9 Å². The van der Waals surface area contributed by atoms with Crippen LogP contribution in [-0.4, -0.2) is 29.9 Å².